The van der Waals surface area contributed by atoms with Crippen molar-refractivity contribution in [2.45, 2.75) is 0 Å². The van der Waals surface area contributed by atoms with Crippen LogP contribution in [0.1, 0.15) is 9.67 Å². The molecule has 0 radical (unpaired) electrons. The molecule has 0 aliphatic heterocycles. The Balaban J connectivity index is 2.25. The predicted octanol–water partition coefficient (Wildman–Crippen LogP) is 3.70. The second kappa shape index (κ2) is 4.82. The summed E-state index contributed by atoms with van der Waals surface area (Å²) in [6.45, 7) is 0. The van der Waals surface area contributed by atoms with Crippen LogP contribution in [0.25, 0.3) is 0 Å². The van der Waals surface area contributed by atoms with Gasteiger partial charge in [-0.2, -0.15) is 0 Å². The van der Waals surface area contributed by atoms with Gasteiger partial charge in [0.05, 0.1) is 15.7 Å². The van der Waals surface area contributed by atoms with Crippen molar-refractivity contribution in [2.24, 2.45) is 0 Å². The predicted molar refractivity (Wildman–Crippen MR) is 66.5 cm³/mol. The fourth-order valence-electron chi connectivity index (χ4n) is 1.13. The molecule has 0 atom stereocenters. The fourth-order valence-corrected chi connectivity index (χ4v) is 2.11. The van der Waals surface area contributed by atoms with E-state index in [4.69, 9.17) is 23.2 Å². The SMILES string of the molecule is O=C(Nc1c(Cl)cccc1Cl)c1ccns1. The lowest BCUT2D eigenvalue weighted by molar-refractivity contribution is 0.103. The number of nitrogens with one attached hydrogen (secondary N) is 1. The van der Waals surface area contributed by atoms with Crippen LogP contribution in [0.4, 0.5) is 5.69 Å². The van der Waals surface area contributed by atoms with E-state index in [9.17, 15) is 4.79 Å². The van der Waals surface area contributed by atoms with Crippen LogP contribution in [0.15, 0.2) is 30.5 Å². The van der Waals surface area contributed by atoms with Gasteiger partial charge in [-0.05, 0) is 29.7 Å². The minimum absolute atomic E-state index is 0.266. The Kier molecular flexibility index (Phi) is 3.43. The Labute approximate surface area is 106 Å². The summed E-state index contributed by atoms with van der Waals surface area (Å²) in [7, 11) is 0. The number of carbonyl (C=O) groups excluding carboxylic acids is 1. The number of amides is 1. The van der Waals surface area contributed by atoms with Gasteiger partial charge in [0.15, 0.2) is 0 Å². The molecular formula is C10H6Cl2N2OS. The maximum Gasteiger partial charge on any atom is 0.267 e. The van der Waals surface area contributed by atoms with E-state index in [2.05, 4.69) is 9.69 Å². The van der Waals surface area contributed by atoms with Gasteiger partial charge in [0.2, 0.25) is 0 Å². The minimum Gasteiger partial charge on any atom is -0.319 e. The van der Waals surface area contributed by atoms with Crippen molar-refractivity contribution in [1.29, 1.82) is 0 Å². The number of aromatic nitrogens is 1. The number of benzene rings is 1. The first kappa shape index (κ1) is 11.4. The fraction of sp³-hybridized carbons (Fsp3) is 0. The van der Waals surface area contributed by atoms with E-state index in [1.807, 2.05) is 0 Å². The summed E-state index contributed by atoms with van der Waals surface area (Å²) in [4.78, 5) is 12.2. The molecule has 0 saturated carbocycles. The summed E-state index contributed by atoms with van der Waals surface area (Å²) < 4.78 is 3.84. The lowest BCUT2D eigenvalue weighted by Crippen LogP contribution is -2.10. The third kappa shape index (κ3) is 2.35. The van der Waals surface area contributed by atoms with Gasteiger partial charge >= 0.3 is 0 Å². The first-order chi connectivity index (χ1) is 7.68. The average Bonchev–Trinajstić information content (AvgIpc) is 2.76. The molecule has 2 rings (SSSR count). The number of carbonyl (C=O) groups is 1. The highest BCUT2D eigenvalue weighted by Crippen LogP contribution is 2.30. The first-order valence-corrected chi connectivity index (χ1v) is 5.87. The number of rotatable bonds is 2. The molecular weight excluding hydrogens is 267 g/mol. The van der Waals surface area contributed by atoms with E-state index in [1.54, 1.807) is 30.5 Å². The van der Waals surface area contributed by atoms with Crippen LogP contribution >= 0.6 is 34.7 Å². The monoisotopic (exact) mass is 272 g/mol. The van der Waals surface area contributed by atoms with Gasteiger partial charge in [-0.25, -0.2) is 4.37 Å². The molecule has 0 saturated heterocycles. The highest BCUT2D eigenvalue weighted by molar-refractivity contribution is 7.08. The maximum absolute atomic E-state index is 11.7. The molecule has 1 amide bonds. The van der Waals surface area contributed by atoms with E-state index in [1.165, 1.54) is 0 Å². The minimum atomic E-state index is -0.266. The number of para-hydroxylation sites is 1. The molecule has 2 aromatic rings. The molecule has 6 heteroatoms. The zero-order valence-electron chi connectivity index (χ0n) is 7.91. The normalized spacial score (nSPS) is 10.1. The van der Waals surface area contributed by atoms with Crippen LogP contribution in [-0.4, -0.2) is 10.3 Å². The number of halogens is 2. The van der Waals surface area contributed by atoms with Gasteiger partial charge in [-0.3, -0.25) is 4.79 Å². The Morgan fingerprint density at radius 1 is 1.25 bits per heavy atom. The van der Waals surface area contributed by atoms with Gasteiger partial charge in [0.1, 0.15) is 4.88 Å². The molecule has 0 unspecified atom stereocenters. The quantitative estimate of drug-likeness (QED) is 0.906. The van der Waals surface area contributed by atoms with E-state index in [-0.39, 0.29) is 5.91 Å². The Morgan fingerprint density at radius 2 is 1.94 bits per heavy atom. The van der Waals surface area contributed by atoms with Crippen molar-refractivity contribution >= 4 is 46.3 Å². The standard InChI is InChI=1S/C10H6Cl2N2OS/c11-6-2-1-3-7(12)9(6)14-10(15)8-4-5-13-16-8/h1-5H,(H,14,15). The van der Waals surface area contributed by atoms with Crippen molar-refractivity contribution in [3.8, 4) is 0 Å². The molecule has 0 fully saturated rings. The highest BCUT2D eigenvalue weighted by atomic mass is 35.5. The van der Waals surface area contributed by atoms with Gasteiger partial charge in [0.25, 0.3) is 5.91 Å². The zero-order chi connectivity index (χ0) is 11.5. The van der Waals surface area contributed by atoms with Crippen LogP contribution in [0.5, 0.6) is 0 Å². The Bertz CT molecular complexity index is 493. The van der Waals surface area contributed by atoms with Crippen molar-refractivity contribution < 1.29 is 4.79 Å². The molecule has 1 N–H and O–H groups in total. The van der Waals surface area contributed by atoms with Crippen molar-refractivity contribution in [2.75, 3.05) is 5.32 Å². The van der Waals surface area contributed by atoms with Crippen molar-refractivity contribution in [3.63, 3.8) is 0 Å². The third-order valence-electron chi connectivity index (χ3n) is 1.86. The summed E-state index contributed by atoms with van der Waals surface area (Å²) in [6, 6.07) is 6.67. The average molecular weight is 273 g/mol. The Morgan fingerprint density at radius 3 is 2.50 bits per heavy atom. The van der Waals surface area contributed by atoms with E-state index in [0.717, 1.165) is 11.5 Å². The van der Waals surface area contributed by atoms with Crippen LogP contribution in [-0.2, 0) is 0 Å². The molecule has 1 aromatic carbocycles. The lowest BCUT2D eigenvalue weighted by Gasteiger charge is -2.07. The van der Waals surface area contributed by atoms with Crippen LogP contribution < -0.4 is 5.32 Å². The van der Waals surface area contributed by atoms with Crippen molar-refractivity contribution in [1.82, 2.24) is 4.37 Å². The van der Waals surface area contributed by atoms with Gasteiger partial charge in [0, 0.05) is 6.20 Å². The summed E-state index contributed by atoms with van der Waals surface area (Å²) in [5.74, 6) is -0.266. The summed E-state index contributed by atoms with van der Waals surface area (Å²) in [6.07, 6.45) is 1.56. The number of anilines is 1. The van der Waals surface area contributed by atoms with E-state index in [0.29, 0.717) is 20.6 Å². The number of hydrogen-bond donors (Lipinski definition) is 1. The maximum atomic E-state index is 11.7. The smallest absolute Gasteiger partial charge is 0.267 e. The summed E-state index contributed by atoms with van der Waals surface area (Å²) in [5, 5.41) is 3.46. The second-order valence-corrected chi connectivity index (χ2v) is 4.58. The van der Waals surface area contributed by atoms with Crippen LogP contribution in [0.2, 0.25) is 10.0 Å². The van der Waals surface area contributed by atoms with Crippen molar-refractivity contribution in [3.05, 3.63) is 45.4 Å². The van der Waals surface area contributed by atoms with E-state index < -0.39 is 0 Å². The molecule has 1 heterocycles. The molecule has 1 aromatic heterocycles. The highest BCUT2D eigenvalue weighted by Gasteiger charge is 2.12. The largest absolute Gasteiger partial charge is 0.319 e. The van der Waals surface area contributed by atoms with Crippen LogP contribution in [0.3, 0.4) is 0 Å². The zero-order valence-corrected chi connectivity index (χ0v) is 10.2. The molecule has 3 nitrogen and oxygen atoms in total. The topological polar surface area (TPSA) is 42.0 Å². The first-order valence-electron chi connectivity index (χ1n) is 4.34. The summed E-state index contributed by atoms with van der Waals surface area (Å²) >= 11 is 13.0. The molecule has 82 valence electrons. The summed E-state index contributed by atoms with van der Waals surface area (Å²) in [5.41, 5.74) is 0.421. The van der Waals surface area contributed by atoms with Gasteiger partial charge in [-0.15, -0.1) is 0 Å². The van der Waals surface area contributed by atoms with Gasteiger partial charge < -0.3 is 5.32 Å². The van der Waals surface area contributed by atoms with Gasteiger partial charge in [-0.1, -0.05) is 29.3 Å². The van der Waals surface area contributed by atoms with Crippen LogP contribution in [0, 0.1) is 0 Å². The van der Waals surface area contributed by atoms with E-state index >= 15 is 0 Å². The molecule has 0 spiro atoms. The molecule has 0 aliphatic rings. The third-order valence-corrected chi connectivity index (χ3v) is 3.24. The number of nitrogens with zero attached hydrogens (tertiary/aromatic N) is 1. The lowest BCUT2D eigenvalue weighted by atomic mass is 10.3. The molecule has 16 heavy (non-hydrogen) atoms. The second-order valence-electron chi connectivity index (χ2n) is 2.93. The number of hydrogen-bond acceptors (Lipinski definition) is 3. The Hall–Kier alpha value is -1.10. The molecule has 0 aliphatic carbocycles. The molecule has 0 bridgehead atoms.